The maximum atomic E-state index is 12.8. The van der Waals surface area contributed by atoms with Crippen molar-refractivity contribution in [2.45, 2.75) is 51.5 Å². The molecule has 6 heteroatoms. The highest BCUT2D eigenvalue weighted by atomic mass is 16.2. The van der Waals surface area contributed by atoms with Gasteiger partial charge in [0.2, 0.25) is 5.91 Å². The standard InChI is InChI=1S/C23H27N3O3/c1-2-21(27)24-18-12-8-9-16(15-18)22(28)26-20-14-7-6-13-19(20)23(29)25-17-10-4-3-5-11-17/h6-9,12-15,17H,2-5,10-11H2,1H3,(H,24,27)(H,25,29)(H,26,28). The Bertz CT molecular complexity index is 888. The summed E-state index contributed by atoms with van der Waals surface area (Å²) in [6.45, 7) is 1.77. The first-order valence-corrected chi connectivity index (χ1v) is 10.2. The zero-order valence-electron chi connectivity index (χ0n) is 16.7. The Labute approximate surface area is 171 Å². The van der Waals surface area contributed by atoms with Crippen LogP contribution < -0.4 is 16.0 Å². The maximum Gasteiger partial charge on any atom is 0.255 e. The number of hydrogen-bond donors (Lipinski definition) is 3. The molecule has 1 fully saturated rings. The number of carbonyl (C=O) groups excluding carboxylic acids is 3. The summed E-state index contributed by atoms with van der Waals surface area (Å²) in [6, 6.07) is 13.9. The zero-order chi connectivity index (χ0) is 20.6. The van der Waals surface area contributed by atoms with Crippen molar-refractivity contribution >= 4 is 29.1 Å². The summed E-state index contributed by atoms with van der Waals surface area (Å²) in [5, 5.41) is 8.66. The Balaban J connectivity index is 1.71. The van der Waals surface area contributed by atoms with E-state index in [9.17, 15) is 14.4 Å². The van der Waals surface area contributed by atoms with Gasteiger partial charge in [-0.3, -0.25) is 14.4 Å². The predicted octanol–water partition coefficient (Wildman–Crippen LogP) is 4.35. The van der Waals surface area contributed by atoms with Crippen molar-refractivity contribution in [3.8, 4) is 0 Å². The molecule has 0 unspecified atom stereocenters. The molecule has 152 valence electrons. The summed E-state index contributed by atoms with van der Waals surface area (Å²) in [5.41, 5.74) is 1.88. The zero-order valence-corrected chi connectivity index (χ0v) is 16.7. The van der Waals surface area contributed by atoms with Crippen molar-refractivity contribution in [2.24, 2.45) is 0 Å². The minimum atomic E-state index is -0.337. The minimum Gasteiger partial charge on any atom is -0.349 e. The van der Waals surface area contributed by atoms with Crippen molar-refractivity contribution in [1.29, 1.82) is 0 Å². The van der Waals surface area contributed by atoms with E-state index in [0.29, 0.717) is 28.9 Å². The summed E-state index contributed by atoms with van der Waals surface area (Å²) in [6.07, 6.45) is 5.84. The van der Waals surface area contributed by atoms with Gasteiger partial charge in [-0.05, 0) is 43.2 Å². The molecular formula is C23H27N3O3. The third-order valence-electron chi connectivity index (χ3n) is 5.09. The average molecular weight is 393 g/mol. The number of carbonyl (C=O) groups is 3. The van der Waals surface area contributed by atoms with Crippen molar-refractivity contribution < 1.29 is 14.4 Å². The lowest BCUT2D eigenvalue weighted by molar-refractivity contribution is -0.115. The lowest BCUT2D eigenvalue weighted by Crippen LogP contribution is -2.36. The topological polar surface area (TPSA) is 87.3 Å². The van der Waals surface area contributed by atoms with E-state index in [4.69, 9.17) is 0 Å². The van der Waals surface area contributed by atoms with Gasteiger partial charge in [0.1, 0.15) is 0 Å². The van der Waals surface area contributed by atoms with E-state index >= 15 is 0 Å². The molecule has 6 nitrogen and oxygen atoms in total. The number of anilines is 2. The van der Waals surface area contributed by atoms with Gasteiger partial charge in [-0.15, -0.1) is 0 Å². The van der Waals surface area contributed by atoms with Crippen molar-refractivity contribution in [3.63, 3.8) is 0 Å². The molecule has 0 bridgehead atoms. The van der Waals surface area contributed by atoms with Crippen LogP contribution in [0.4, 0.5) is 11.4 Å². The van der Waals surface area contributed by atoms with Crippen molar-refractivity contribution in [3.05, 3.63) is 59.7 Å². The van der Waals surface area contributed by atoms with Crippen LogP contribution in [-0.2, 0) is 4.79 Å². The molecule has 0 aliphatic heterocycles. The Hall–Kier alpha value is -3.15. The molecule has 2 aromatic carbocycles. The lowest BCUT2D eigenvalue weighted by atomic mass is 9.95. The van der Waals surface area contributed by atoms with E-state index < -0.39 is 0 Å². The quantitative estimate of drug-likeness (QED) is 0.682. The van der Waals surface area contributed by atoms with Crippen LogP contribution in [0.15, 0.2) is 48.5 Å². The van der Waals surface area contributed by atoms with E-state index in [1.165, 1.54) is 6.42 Å². The molecule has 2 aromatic rings. The van der Waals surface area contributed by atoms with Gasteiger partial charge >= 0.3 is 0 Å². The second-order valence-electron chi connectivity index (χ2n) is 7.29. The van der Waals surface area contributed by atoms with Crippen LogP contribution in [0.25, 0.3) is 0 Å². The van der Waals surface area contributed by atoms with Gasteiger partial charge in [0, 0.05) is 23.7 Å². The first-order chi connectivity index (χ1) is 14.1. The van der Waals surface area contributed by atoms with E-state index in [-0.39, 0.29) is 23.8 Å². The van der Waals surface area contributed by atoms with Crippen LogP contribution in [0.5, 0.6) is 0 Å². The third-order valence-corrected chi connectivity index (χ3v) is 5.09. The predicted molar refractivity (Wildman–Crippen MR) is 114 cm³/mol. The molecule has 3 rings (SSSR count). The molecule has 0 atom stereocenters. The van der Waals surface area contributed by atoms with Gasteiger partial charge in [0.15, 0.2) is 0 Å². The second-order valence-corrected chi connectivity index (χ2v) is 7.29. The SMILES string of the molecule is CCC(=O)Nc1cccc(C(=O)Nc2ccccc2C(=O)NC2CCCCC2)c1. The average Bonchev–Trinajstić information content (AvgIpc) is 2.75. The fourth-order valence-electron chi connectivity index (χ4n) is 3.48. The van der Waals surface area contributed by atoms with E-state index in [2.05, 4.69) is 16.0 Å². The van der Waals surface area contributed by atoms with E-state index in [1.54, 1.807) is 55.5 Å². The van der Waals surface area contributed by atoms with Crippen LogP contribution in [0.1, 0.15) is 66.2 Å². The summed E-state index contributed by atoms with van der Waals surface area (Å²) >= 11 is 0. The summed E-state index contributed by atoms with van der Waals surface area (Å²) < 4.78 is 0. The van der Waals surface area contributed by atoms with Gasteiger partial charge in [0.25, 0.3) is 11.8 Å². The highest BCUT2D eigenvalue weighted by molar-refractivity contribution is 6.09. The van der Waals surface area contributed by atoms with Crippen LogP contribution in [-0.4, -0.2) is 23.8 Å². The first-order valence-electron chi connectivity index (χ1n) is 10.2. The summed E-state index contributed by atoms with van der Waals surface area (Å²) in [7, 11) is 0. The normalized spacial score (nSPS) is 14.1. The Morgan fingerprint density at radius 1 is 0.897 bits per heavy atom. The number of para-hydroxylation sites is 1. The third kappa shape index (κ3) is 5.67. The molecule has 0 radical (unpaired) electrons. The Morgan fingerprint density at radius 3 is 2.41 bits per heavy atom. The molecule has 1 aliphatic rings. The molecule has 0 aromatic heterocycles. The molecule has 1 aliphatic carbocycles. The fraction of sp³-hybridized carbons (Fsp3) is 0.348. The van der Waals surface area contributed by atoms with Crippen LogP contribution in [0, 0.1) is 0 Å². The van der Waals surface area contributed by atoms with Crippen molar-refractivity contribution in [2.75, 3.05) is 10.6 Å². The van der Waals surface area contributed by atoms with Gasteiger partial charge in [-0.1, -0.05) is 44.4 Å². The number of nitrogens with one attached hydrogen (secondary N) is 3. The summed E-state index contributed by atoms with van der Waals surface area (Å²) in [4.78, 5) is 37.1. The molecule has 29 heavy (non-hydrogen) atoms. The van der Waals surface area contributed by atoms with Gasteiger partial charge < -0.3 is 16.0 Å². The largest absolute Gasteiger partial charge is 0.349 e. The van der Waals surface area contributed by atoms with Crippen LogP contribution in [0.2, 0.25) is 0 Å². The molecule has 3 amide bonds. The fourth-order valence-corrected chi connectivity index (χ4v) is 3.48. The summed E-state index contributed by atoms with van der Waals surface area (Å²) in [5.74, 6) is -0.625. The second kappa shape index (κ2) is 9.87. The van der Waals surface area contributed by atoms with Gasteiger partial charge in [-0.2, -0.15) is 0 Å². The smallest absolute Gasteiger partial charge is 0.255 e. The molecule has 0 spiro atoms. The number of rotatable bonds is 6. The van der Waals surface area contributed by atoms with Gasteiger partial charge in [-0.25, -0.2) is 0 Å². The highest BCUT2D eigenvalue weighted by Gasteiger charge is 2.19. The Morgan fingerprint density at radius 2 is 1.66 bits per heavy atom. The van der Waals surface area contributed by atoms with E-state index in [1.807, 2.05) is 0 Å². The van der Waals surface area contributed by atoms with E-state index in [0.717, 1.165) is 25.7 Å². The molecule has 1 saturated carbocycles. The van der Waals surface area contributed by atoms with Crippen molar-refractivity contribution in [1.82, 2.24) is 5.32 Å². The number of amides is 3. The maximum absolute atomic E-state index is 12.8. The molecule has 0 saturated heterocycles. The molecule has 3 N–H and O–H groups in total. The molecular weight excluding hydrogens is 366 g/mol. The van der Waals surface area contributed by atoms with Gasteiger partial charge in [0.05, 0.1) is 11.3 Å². The minimum absolute atomic E-state index is 0.118. The highest BCUT2D eigenvalue weighted by Crippen LogP contribution is 2.21. The Kier molecular flexibility index (Phi) is 7.00. The molecule has 0 heterocycles. The van der Waals surface area contributed by atoms with Crippen LogP contribution >= 0.6 is 0 Å². The number of hydrogen-bond acceptors (Lipinski definition) is 3. The number of benzene rings is 2. The monoisotopic (exact) mass is 393 g/mol. The van der Waals surface area contributed by atoms with Crippen LogP contribution in [0.3, 0.4) is 0 Å². The first kappa shape index (κ1) is 20.6. The lowest BCUT2D eigenvalue weighted by Gasteiger charge is -2.23.